The van der Waals surface area contributed by atoms with E-state index in [0.29, 0.717) is 25.2 Å². The minimum Gasteiger partial charge on any atom is -0.345 e. The predicted octanol–water partition coefficient (Wildman–Crippen LogP) is 5.67. The summed E-state index contributed by atoms with van der Waals surface area (Å²) in [7, 11) is 0. The van der Waals surface area contributed by atoms with E-state index in [1.54, 1.807) is 4.90 Å². The van der Waals surface area contributed by atoms with Gasteiger partial charge in [0.05, 0.1) is 6.54 Å². The summed E-state index contributed by atoms with van der Waals surface area (Å²) < 4.78 is 15.5. The summed E-state index contributed by atoms with van der Waals surface area (Å²) in [6.45, 7) is 8.50. The number of amides is 2. The third kappa shape index (κ3) is 7.54. The van der Waals surface area contributed by atoms with Crippen molar-refractivity contribution >= 4 is 11.8 Å². The number of carbonyl (C=O) groups excluding carboxylic acids is 2. The number of benzene rings is 2. The number of nitrogens with zero attached hydrogens (tertiary/aromatic N) is 3. The van der Waals surface area contributed by atoms with Crippen molar-refractivity contribution in [2.45, 2.75) is 53.1 Å². The summed E-state index contributed by atoms with van der Waals surface area (Å²) in [5.41, 5.74) is 3.88. The maximum atomic E-state index is 13.4. The molecule has 0 saturated carbocycles. The Morgan fingerprint density at radius 3 is 2.37 bits per heavy atom. The lowest BCUT2D eigenvalue weighted by atomic mass is 10.1. The summed E-state index contributed by atoms with van der Waals surface area (Å²) in [6.07, 6.45) is 4.64. The van der Waals surface area contributed by atoms with Gasteiger partial charge in [0, 0.05) is 37.1 Å². The molecule has 0 bridgehead atoms. The monoisotopic (exact) mass is 477 g/mol. The van der Waals surface area contributed by atoms with Crippen LogP contribution in [0.3, 0.4) is 0 Å². The van der Waals surface area contributed by atoms with Crippen molar-refractivity contribution in [1.82, 2.24) is 14.4 Å². The van der Waals surface area contributed by atoms with Crippen LogP contribution < -0.4 is 0 Å². The Bertz CT molecular complexity index is 1110. The molecule has 0 atom stereocenters. The zero-order valence-electron chi connectivity index (χ0n) is 21.0. The molecule has 186 valence electrons. The second kappa shape index (κ2) is 12.9. The second-order valence-electron chi connectivity index (χ2n) is 9.02. The molecular weight excluding hydrogens is 441 g/mol. The number of hydrogen-bond donors (Lipinski definition) is 0. The largest absolute Gasteiger partial charge is 0.345 e. The third-order valence-electron chi connectivity index (χ3n) is 6.04. The fraction of sp³-hybridized carbons (Fsp3) is 0.379. The van der Waals surface area contributed by atoms with Crippen LogP contribution in [0.15, 0.2) is 66.9 Å². The lowest BCUT2D eigenvalue weighted by Gasteiger charge is -2.28. The molecule has 1 aromatic heterocycles. The molecule has 0 N–H and O–H groups in total. The summed E-state index contributed by atoms with van der Waals surface area (Å²) in [4.78, 5) is 29.9. The van der Waals surface area contributed by atoms with Crippen molar-refractivity contribution in [3.05, 3.63) is 95.1 Å². The Kier molecular flexibility index (Phi) is 9.65. The summed E-state index contributed by atoms with van der Waals surface area (Å²) >= 11 is 0. The van der Waals surface area contributed by atoms with Crippen LogP contribution in [0.2, 0.25) is 0 Å². The highest BCUT2D eigenvalue weighted by atomic mass is 19.1. The SMILES string of the molecule is CCCCN(Cc1cccn1Cc1cccc(C)c1)C(=O)CN(CCC)C(=O)c1ccc(F)cc1. The van der Waals surface area contributed by atoms with Crippen LogP contribution in [0.25, 0.3) is 0 Å². The van der Waals surface area contributed by atoms with Crippen LogP contribution in [0, 0.1) is 12.7 Å². The number of aromatic nitrogens is 1. The van der Waals surface area contributed by atoms with E-state index in [4.69, 9.17) is 0 Å². The molecule has 35 heavy (non-hydrogen) atoms. The average molecular weight is 478 g/mol. The Morgan fingerprint density at radius 2 is 1.69 bits per heavy atom. The van der Waals surface area contributed by atoms with Gasteiger partial charge in [0.1, 0.15) is 12.4 Å². The first-order chi connectivity index (χ1) is 16.9. The van der Waals surface area contributed by atoms with E-state index in [0.717, 1.165) is 31.5 Å². The number of rotatable bonds is 12. The standard InChI is InChI=1S/C29H36FN3O2/c1-4-6-17-32(21-27-11-8-18-31(27)20-24-10-7-9-23(3)19-24)28(34)22-33(16-5-2)29(35)25-12-14-26(30)15-13-25/h7-15,18-19H,4-6,16-17,20-22H2,1-3H3. The van der Waals surface area contributed by atoms with Gasteiger partial charge in [0.15, 0.2) is 0 Å². The maximum Gasteiger partial charge on any atom is 0.254 e. The molecule has 0 spiro atoms. The van der Waals surface area contributed by atoms with Crippen LogP contribution in [-0.2, 0) is 17.9 Å². The quantitative estimate of drug-likeness (QED) is 0.338. The van der Waals surface area contributed by atoms with Gasteiger partial charge in [-0.2, -0.15) is 0 Å². The van der Waals surface area contributed by atoms with E-state index in [-0.39, 0.29) is 24.2 Å². The first-order valence-electron chi connectivity index (χ1n) is 12.4. The molecular formula is C29H36FN3O2. The van der Waals surface area contributed by atoms with Gasteiger partial charge in [-0.25, -0.2) is 4.39 Å². The van der Waals surface area contributed by atoms with E-state index >= 15 is 0 Å². The van der Waals surface area contributed by atoms with Crippen molar-refractivity contribution in [1.29, 1.82) is 0 Å². The minimum atomic E-state index is -0.390. The summed E-state index contributed by atoms with van der Waals surface area (Å²) in [5.74, 6) is -0.719. The first kappa shape index (κ1) is 26.2. The molecule has 0 unspecified atom stereocenters. The van der Waals surface area contributed by atoms with Gasteiger partial charge < -0.3 is 14.4 Å². The number of unbranched alkanes of at least 4 members (excludes halogenated alkanes) is 1. The Hall–Kier alpha value is -3.41. The van der Waals surface area contributed by atoms with E-state index in [1.807, 2.05) is 24.1 Å². The minimum absolute atomic E-state index is 0.00630. The highest BCUT2D eigenvalue weighted by Gasteiger charge is 2.22. The summed E-state index contributed by atoms with van der Waals surface area (Å²) in [6, 6.07) is 18.0. The molecule has 0 aliphatic carbocycles. The first-order valence-corrected chi connectivity index (χ1v) is 12.4. The molecule has 5 nitrogen and oxygen atoms in total. The third-order valence-corrected chi connectivity index (χ3v) is 6.04. The number of carbonyl (C=O) groups is 2. The Balaban J connectivity index is 1.74. The number of aryl methyl sites for hydroxylation is 1. The van der Waals surface area contributed by atoms with Crippen molar-refractivity contribution in [3.8, 4) is 0 Å². The topological polar surface area (TPSA) is 45.6 Å². The predicted molar refractivity (Wildman–Crippen MR) is 138 cm³/mol. The van der Waals surface area contributed by atoms with E-state index in [1.165, 1.54) is 35.4 Å². The van der Waals surface area contributed by atoms with Gasteiger partial charge in [0.2, 0.25) is 5.91 Å². The molecule has 0 saturated heterocycles. The highest BCUT2D eigenvalue weighted by Crippen LogP contribution is 2.14. The van der Waals surface area contributed by atoms with E-state index < -0.39 is 0 Å². The molecule has 2 aromatic carbocycles. The van der Waals surface area contributed by atoms with Crippen LogP contribution in [0.4, 0.5) is 4.39 Å². The molecule has 2 amide bonds. The van der Waals surface area contributed by atoms with Gasteiger partial charge in [-0.15, -0.1) is 0 Å². The van der Waals surface area contributed by atoms with E-state index in [9.17, 15) is 14.0 Å². The Labute approximate surface area is 208 Å². The molecule has 0 aliphatic rings. The zero-order chi connectivity index (χ0) is 25.2. The average Bonchev–Trinajstić information content (AvgIpc) is 3.27. The molecule has 3 aromatic rings. The van der Waals surface area contributed by atoms with Crippen molar-refractivity contribution < 1.29 is 14.0 Å². The molecule has 1 heterocycles. The van der Waals surface area contributed by atoms with Crippen LogP contribution in [0.5, 0.6) is 0 Å². The van der Waals surface area contributed by atoms with Crippen LogP contribution >= 0.6 is 0 Å². The Morgan fingerprint density at radius 1 is 0.914 bits per heavy atom. The lowest BCUT2D eigenvalue weighted by molar-refractivity contribution is -0.132. The van der Waals surface area contributed by atoms with Crippen molar-refractivity contribution in [2.24, 2.45) is 0 Å². The zero-order valence-corrected chi connectivity index (χ0v) is 21.0. The number of hydrogen-bond acceptors (Lipinski definition) is 2. The maximum absolute atomic E-state index is 13.4. The number of halogens is 1. The fourth-order valence-corrected chi connectivity index (χ4v) is 4.15. The molecule has 0 fully saturated rings. The normalized spacial score (nSPS) is 10.9. The molecule has 0 aliphatic heterocycles. The van der Waals surface area contributed by atoms with Crippen molar-refractivity contribution in [2.75, 3.05) is 19.6 Å². The van der Waals surface area contributed by atoms with Crippen LogP contribution in [0.1, 0.15) is 60.3 Å². The molecule has 3 rings (SSSR count). The van der Waals surface area contributed by atoms with E-state index in [2.05, 4.69) is 48.7 Å². The molecule has 6 heteroatoms. The summed E-state index contributed by atoms with van der Waals surface area (Å²) in [5, 5.41) is 0. The second-order valence-corrected chi connectivity index (χ2v) is 9.02. The van der Waals surface area contributed by atoms with Gasteiger partial charge in [-0.1, -0.05) is 50.1 Å². The fourth-order valence-electron chi connectivity index (χ4n) is 4.15. The smallest absolute Gasteiger partial charge is 0.254 e. The highest BCUT2D eigenvalue weighted by molar-refractivity contribution is 5.96. The lowest BCUT2D eigenvalue weighted by Crippen LogP contribution is -2.43. The van der Waals surface area contributed by atoms with Gasteiger partial charge in [-0.05, 0) is 61.7 Å². The van der Waals surface area contributed by atoms with Crippen molar-refractivity contribution in [3.63, 3.8) is 0 Å². The molecule has 0 radical (unpaired) electrons. The van der Waals surface area contributed by atoms with Gasteiger partial charge in [-0.3, -0.25) is 9.59 Å². The van der Waals surface area contributed by atoms with Gasteiger partial charge in [0.25, 0.3) is 5.91 Å². The van der Waals surface area contributed by atoms with Gasteiger partial charge >= 0.3 is 0 Å². The van der Waals surface area contributed by atoms with Crippen LogP contribution in [-0.4, -0.2) is 45.8 Å².